The van der Waals surface area contributed by atoms with Crippen molar-refractivity contribution in [3.05, 3.63) is 0 Å². The molecule has 0 aromatic rings. The molecule has 0 amide bonds. The summed E-state index contributed by atoms with van der Waals surface area (Å²) in [5, 5.41) is 8.49. The van der Waals surface area contributed by atoms with Gasteiger partial charge in [-0.15, -0.1) is 0 Å². The lowest BCUT2D eigenvalue weighted by atomic mass is 9.95. The van der Waals surface area contributed by atoms with Gasteiger partial charge < -0.3 is 5.11 Å². The second kappa shape index (κ2) is 4.25. The van der Waals surface area contributed by atoms with Crippen LogP contribution in [0.1, 0.15) is 19.3 Å². The van der Waals surface area contributed by atoms with E-state index >= 15 is 0 Å². The first kappa shape index (κ1) is 11.4. The Morgan fingerprint density at radius 2 is 1.93 bits per heavy atom. The van der Waals surface area contributed by atoms with Crippen molar-refractivity contribution < 1.29 is 22.7 Å². The Bertz CT molecular complexity index is 311. The van der Waals surface area contributed by atoms with Gasteiger partial charge in [-0.05, 0) is 12.8 Å². The van der Waals surface area contributed by atoms with Gasteiger partial charge in [-0.2, -0.15) is 0 Å². The Morgan fingerprint density at radius 1 is 1.36 bits per heavy atom. The lowest BCUT2D eigenvalue weighted by molar-refractivity contribution is -0.138. The highest BCUT2D eigenvalue weighted by molar-refractivity contribution is 7.91. The largest absolute Gasteiger partial charge is 0.481 e. The summed E-state index contributed by atoms with van der Waals surface area (Å²) in [6.07, 6.45) is -1.53. The molecule has 14 heavy (non-hydrogen) atoms. The molecule has 6 heteroatoms. The van der Waals surface area contributed by atoms with E-state index in [0.29, 0.717) is 0 Å². The molecule has 0 saturated carbocycles. The third-order valence-corrected chi connectivity index (χ3v) is 4.17. The summed E-state index contributed by atoms with van der Waals surface area (Å²) in [5.74, 6) is -1.97. The number of carbonyl (C=O) groups is 1. The molecule has 4 nitrogen and oxygen atoms in total. The first-order valence-corrected chi connectivity index (χ1v) is 6.29. The monoisotopic (exact) mass is 224 g/mol. The molecule has 1 aliphatic heterocycles. The van der Waals surface area contributed by atoms with Crippen LogP contribution < -0.4 is 0 Å². The minimum Gasteiger partial charge on any atom is -0.481 e. The van der Waals surface area contributed by atoms with E-state index in [1.165, 1.54) is 0 Å². The maximum absolute atomic E-state index is 13.3. The van der Waals surface area contributed by atoms with Gasteiger partial charge in [0, 0.05) is 5.92 Å². The van der Waals surface area contributed by atoms with E-state index in [-0.39, 0.29) is 30.8 Å². The Balaban J connectivity index is 2.65. The van der Waals surface area contributed by atoms with Crippen LogP contribution in [0.25, 0.3) is 0 Å². The summed E-state index contributed by atoms with van der Waals surface area (Å²) >= 11 is 0. The first-order valence-electron chi connectivity index (χ1n) is 4.47. The second-order valence-electron chi connectivity index (χ2n) is 3.60. The average Bonchev–Trinajstić information content (AvgIpc) is 2.17. The molecule has 0 aromatic heterocycles. The highest BCUT2D eigenvalue weighted by Gasteiger charge is 2.30. The predicted octanol–water partition coefficient (Wildman–Crippen LogP) is 0.624. The van der Waals surface area contributed by atoms with E-state index in [0.717, 1.165) is 0 Å². The zero-order valence-electron chi connectivity index (χ0n) is 7.65. The van der Waals surface area contributed by atoms with Crippen LogP contribution in [0.3, 0.4) is 0 Å². The summed E-state index contributed by atoms with van der Waals surface area (Å²) in [5.41, 5.74) is 0. The summed E-state index contributed by atoms with van der Waals surface area (Å²) < 4.78 is 35.6. The maximum Gasteiger partial charge on any atom is 0.303 e. The number of alkyl halides is 1. The molecular weight excluding hydrogens is 211 g/mol. The second-order valence-corrected chi connectivity index (χ2v) is 5.91. The van der Waals surface area contributed by atoms with Crippen molar-refractivity contribution in [3.63, 3.8) is 0 Å². The normalized spacial score (nSPS) is 32.1. The fraction of sp³-hybridized carbons (Fsp3) is 0.875. The summed E-state index contributed by atoms with van der Waals surface area (Å²) in [7, 11) is -3.15. The van der Waals surface area contributed by atoms with Gasteiger partial charge in [-0.3, -0.25) is 4.79 Å². The van der Waals surface area contributed by atoms with Crippen molar-refractivity contribution in [2.75, 3.05) is 11.5 Å². The van der Waals surface area contributed by atoms with Crippen LogP contribution in [-0.4, -0.2) is 37.2 Å². The highest BCUT2D eigenvalue weighted by atomic mass is 32.2. The molecular formula is C8H13FO4S. The zero-order valence-corrected chi connectivity index (χ0v) is 8.46. The van der Waals surface area contributed by atoms with E-state index in [1.54, 1.807) is 0 Å². The molecule has 0 spiro atoms. The maximum atomic E-state index is 13.3. The van der Waals surface area contributed by atoms with Crippen molar-refractivity contribution in [2.24, 2.45) is 5.92 Å². The van der Waals surface area contributed by atoms with Crippen molar-refractivity contribution in [2.45, 2.75) is 25.4 Å². The van der Waals surface area contributed by atoms with E-state index in [2.05, 4.69) is 0 Å². The third-order valence-electron chi connectivity index (χ3n) is 2.45. The van der Waals surface area contributed by atoms with E-state index in [4.69, 9.17) is 5.11 Å². The van der Waals surface area contributed by atoms with Gasteiger partial charge in [-0.25, -0.2) is 12.8 Å². The van der Waals surface area contributed by atoms with Crippen molar-refractivity contribution in [1.29, 1.82) is 0 Å². The summed E-state index contributed by atoms with van der Waals surface area (Å²) in [6.45, 7) is 0. The summed E-state index contributed by atoms with van der Waals surface area (Å²) in [6, 6.07) is 0. The Morgan fingerprint density at radius 3 is 2.50 bits per heavy atom. The van der Waals surface area contributed by atoms with E-state index < -0.39 is 27.9 Å². The van der Waals surface area contributed by atoms with Crippen LogP contribution in [0.4, 0.5) is 4.39 Å². The van der Waals surface area contributed by atoms with Crippen LogP contribution in [0, 0.1) is 5.92 Å². The van der Waals surface area contributed by atoms with E-state index in [9.17, 15) is 17.6 Å². The van der Waals surface area contributed by atoms with Crippen molar-refractivity contribution >= 4 is 15.8 Å². The lowest BCUT2D eigenvalue weighted by Gasteiger charge is -2.14. The van der Waals surface area contributed by atoms with Crippen LogP contribution in [-0.2, 0) is 14.6 Å². The SMILES string of the molecule is O=C(O)C[C@@H]1CCS(=O)(=O)CC[C@H]1F. The van der Waals surface area contributed by atoms with Crippen molar-refractivity contribution in [3.8, 4) is 0 Å². The topological polar surface area (TPSA) is 71.4 Å². The molecule has 0 aromatic carbocycles. The van der Waals surface area contributed by atoms with Crippen LogP contribution in [0.5, 0.6) is 0 Å². The predicted molar refractivity (Wildman–Crippen MR) is 48.5 cm³/mol. The molecule has 1 rings (SSSR count). The van der Waals surface area contributed by atoms with Crippen LogP contribution >= 0.6 is 0 Å². The quantitative estimate of drug-likeness (QED) is 0.746. The molecule has 0 bridgehead atoms. The molecule has 82 valence electrons. The Kier molecular flexibility index (Phi) is 3.47. The number of carboxylic acid groups (broad SMARTS) is 1. The van der Waals surface area contributed by atoms with Gasteiger partial charge >= 0.3 is 5.97 Å². The molecule has 1 heterocycles. The number of carboxylic acids is 1. The minimum absolute atomic E-state index is 0.0692. The molecule has 2 atom stereocenters. The smallest absolute Gasteiger partial charge is 0.303 e. The van der Waals surface area contributed by atoms with Gasteiger partial charge in [0.2, 0.25) is 0 Å². The number of rotatable bonds is 2. The van der Waals surface area contributed by atoms with E-state index in [1.807, 2.05) is 0 Å². The lowest BCUT2D eigenvalue weighted by Crippen LogP contribution is -2.19. The molecule has 0 radical (unpaired) electrons. The number of halogens is 1. The molecule has 1 N–H and O–H groups in total. The average molecular weight is 224 g/mol. The fourth-order valence-electron chi connectivity index (χ4n) is 1.60. The Hall–Kier alpha value is -0.650. The number of sulfone groups is 1. The van der Waals surface area contributed by atoms with Crippen LogP contribution in [0.2, 0.25) is 0 Å². The first-order chi connectivity index (χ1) is 6.41. The fourth-order valence-corrected chi connectivity index (χ4v) is 3.05. The van der Waals surface area contributed by atoms with Gasteiger partial charge in [0.25, 0.3) is 0 Å². The molecule has 0 aliphatic carbocycles. The highest BCUT2D eigenvalue weighted by Crippen LogP contribution is 2.24. The van der Waals surface area contributed by atoms with Gasteiger partial charge in [-0.1, -0.05) is 0 Å². The van der Waals surface area contributed by atoms with Gasteiger partial charge in [0.05, 0.1) is 17.9 Å². The van der Waals surface area contributed by atoms with Gasteiger partial charge in [0.1, 0.15) is 16.0 Å². The third kappa shape index (κ3) is 3.25. The Labute approximate surface area is 82.0 Å². The van der Waals surface area contributed by atoms with Crippen LogP contribution in [0.15, 0.2) is 0 Å². The number of hydrogen-bond acceptors (Lipinski definition) is 3. The molecule has 0 unspecified atom stereocenters. The molecule has 1 saturated heterocycles. The van der Waals surface area contributed by atoms with Crippen molar-refractivity contribution in [1.82, 2.24) is 0 Å². The number of hydrogen-bond donors (Lipinski definition) is 1. The minimum atomic E-state index is -3.15. The number of aliphatic carboxylic acids is 1. The standard InChI is InChI=1S/C8H13FO4S/c9-7-2-4-14(12,13)3-1-6(7)5-8(10)11/h6-7H,1-5H2,(H,10,11)/t6-,7+/m0/s1. The molecule has 1 fully saturated rings. The molecule has 1 aliphatic rings. The summed E-state index contributed by atoms with van der Waals surface area (Å²) in [4.78, 5) is 10.4. The zero-order chi connectivity index (χ0) is 10.8. The van der Waals surface area contributed by atoms with Gasteiger partial charge in [0.15, 0.2) is 0 Å².